The Morgan fingerprint density at radius 2 is 1.90 bits per heavy atom. The average Bonchev–Trinajstić information content (AvgIpc) is 2.45. The van der Waals surface area contributed by atoms with Gasteiger partial charge in [0.2, 0.25) is 5.91 Å². The Morgan fingerprint density at radius 1 is 1.25 bits per heavy atom. The van der Waals surface area contributed by atoms with Gasteiger partial charge < -0.3 is 10.4 Å². The summed E-state index contributed by atoms with van der Waals surface area (Å²) in [4.78, 5) is 22.9. The molecule has 5 nitrogen and oxygen atoms in total. The lowest BCUT2D eigenvalue weighted by molar-refractivity contribution is -0.140. The maximum absolute atomic E-state index is 11.9. The molecule has 2 atom stereocenters. The molecule has 0 aromatic heterocycles. The maximum Gasteiger partial charge on any atom is 0.320 e. The van der Waals surface area contributed by atoms with Gasteiger partial charge in [-0.3, -0.25) is 14.9 Å². The van der Waals surface area contributed by atoms with Crippen molar-refractivity contribution in [1.82, 2.24) is 10.6 Å². The van der Waals surface area contributed by atoms with E-state index in [0.717, 1.165) is 12.0 Å². The van der Waals surface area contributed by atoms with E-state index in [-0.39, 0.29) is 5.91 Å². The van der Waals surface area contributed by atoms with Crippen molar-refractivity contribution in [2.24, 2.45) is 0 Å². The molecule has 1 amide bonds. The molecule has 0 aliphatic carbocycles. The molecule has 110 valence electrons. The van der Waals surface area contributed by atoms with Crippen LogP contribution in [0.5, 0.6) is 0 Å². The third kappa shape index (κ3) is 5.40. The van der Waals surface area contributed by atoms with E-state index in [2.05, 4.69) is 10.6 Å². The normalized spacial score (nSPS) is 13.5. The van der Waals surface area contributed by atoms with Gasteiger partial charge in [-0.25, -0.2) is 0 Å². The molecule has 5 heteroatoms. The fraction of sp³-hybridized carbons (Fsp3) is 0.467. The third-order valence-corrected chi connectivity index (χ3v) is 3.03. The Balaban J connectivity index is 2.44. The standard InChI is InChI=1S/C15H22N2O3/c1-3-7-13(15(19)20)17-11(2)14(18)16-10-12-8-5-4-6-9-12/h4-6,8-9,11,13,17H,3,7,10H2,1-2H3,(H,16,18)(H,19,20). The lowest BCUT2D eigenvalue weighted by Crippen LogP contribution is -2.49. The minimum Gasteiger partial charge on any atom is -0.480 e. The largest absolute Gasteiger partial charge is 0.480 e. The van der Waals surface area contributed by atoms with E-state index in [1.807, 2.05) is 37.3 Å². The zero-order chi connectivity index (χ0) is 15.0. The summed E-state index contributed by atoms with van der Waals surface area (Å²) >= 11 is 0. The summed E-state index contributed by atoms with van der Waals surface area (Å²) < 4.78 is 0. The first-order chi connectivity index (χ1) is 9.54. The van der Waals surface area contributed by atoms with Crippen molar-refractivity contribution < 1.29 is 14.7 Å². The summed E-state index contributed by atoms with van der Waals surface area (Å²) in [6.07, 6.45) is 1.26. The number of amides is 1. The van der Waals surface area contributed by atoms with E-state index < -0.39 is 18.1 Å². The second-order valence-electron chi connectivity index (χ2n) is 4.77. The zero-order valence-electron chi connectivity index (χ0n) is 11.9. The monoisotopic (exact) mass is 278 g/mol. The summed E-state index contributed by atoms with van der Waals surface area (Å²) in [6.45, 7) is 4.03. The fourth-order valence-electron chi connectivity index (χ4n) is 1.88. The van der Waals surface area contributed by atoms with Crippen LogP contribution in [0.25, 0.3) is 0 Å². The highest BCUT2D eigenvalue weighted by Crippen LogP contribution is 2.00. The van der Waals surface area contributed by atoms with Crippen LogP contribution in [0.1, 0.15) is 32.3 Å². The number of carboxylic acids is 1. The van der Waals surface area contributed by atoms with E-state index >= 15 is 0 Å². The molecule has 1 aromatic carbocycles. The quantitative estimate of drug-likeness (QED) is 0.674. The molecule has 0 saturated carbocycles. The van der Waals surface area contributed by atoms with Gasteiger partial charge in [0, 0.05) is 6.54 Å². The first kappa shape index (κ1) is 16.2. The van der Waals surface area contributed by atoms with Crippen LogP contribution in [-0.2, 0) is 16.1 Å². The van der Waals surface area contributed by atoms with E-state index in [4.69, 9.17) is 5.11 Å². The summed E-state index contributed by atoms with van der Waals surface area (Å²) in [5.41, 5.74) is 1.01. The van der Waals surface area contributed by atoms with Crippen molar-refractivity contribution in [1.29, 1.82) is 0 Å². The number of rotatable bonds is 8. The molecular formula is C15H22N2O3. The van der Waals surface area contributed by atoms with Gasteiger partial charge in [-0.1, -0.05) is 43.7 Å². The predicted molar refractivity (Wildman–Crippen MR) is 77.2 cm³/mol. The van der Waals surface area contributed by atoms with Crippen LogP contribution in [0.2, 0.25) is 0 Å². The molecule has 0 fully saturated rings. The molecule has 1 rings (SSSR count). The first-order valence-electron chi connectivity index (χ1n) is 6.85. The molecular weight excluding hydrogens is 256 g/mol. The first-order valence-corrected chi connectivity index (χ1v) is 6.85. The van der Waals surface area contributed by atoms with Gasteiger partial charge in [-0.2, -0.15) is 0 Å². The predicted octanol–water partition coefficient (Wildman–Crippen LogP) is 1.53. The molecule has 20 heavy (non-hydrogen) atoms. The van der Waals surface area contributed by atoms with Crippen molar-refractivity contribution in [3.05, 3.63) is 35.9 Å². The maximum atomic E-state index is 11.9. The lowest BCUT2D eigenvalue weighted by atomic mass is 10.1. The van der Waals surface area contributed by atoms with Gasteiger partial charge in [0.05, 0.1) is 6.04 Å². The Bertz CT molecular complexity index is 434. The fourth-order valence-corrected chi connectivity index (χ4v) is 1.88. The number of nitrogens with one attached hydrogen (secondary N) is 2. The molecule has 0 radical (unpaired) electrons. The van der Waals surface area contributed by atoms with Crippen LogP contribution in [-0.4, -0.2) is 29.1 Å². The van der Waals surface area contributed by atoms with Gasteiger partial charge >= 0.3 is 5.97 Å². The van der Waals surface area contributed by atoms with Gasteiger partial charge in [0.15, 0.2) is 0 Å². The minimum absolute atomic E-state index is 0.198. The average molecular weight is 278 g/mol. The highest BCUT2D eigenvalue weighted by Gasteiger charge is 2.21. The highest BCUT2D eigenvalue weighted by atomic mass is 16.4. The number of hydrogen-bond donors (Lipinski definition) is 3. The smallest absolute Gasteiger partial charge is 0.320 e. The number of aliphatic carboxylic acids is 1. The Hall–Kier alpha value is -1.88. The van der Waals surface area contributed by atoms with E-state index in [1.165, 1.54) is 0 Å². The van der Waals surface area contributed by atoms with Gasteiger partial charge in [-0.05, 0) is 18.9 Å². The molecule has 0 aliphatic heterocycles. The van der Waals surface area contributed by atoms with Gasteiger partial charge in [0.25, 0.3) is 0 Å². The van der Waals surface area contributed by atoms with E-state index in [1.54, 1.807) is 6.92 Å². The molecule has 3 N–H and O–H groups in total. The van der Waals surface area contributed by atoms with Gasteiger partial charge in [0.1, 0.15) is 6.04 Å². The molecule has 0 spiro atoms. The van der Waals surface area contributed by atoms with Crippen molar-refractivity contribution in [2.75, 3.05) is 0 Å². The van der Waals surface area contributed by atoms with Crippen molar-refractivity contribution in [3.63, 3.8) is 0 Å². The van der Waals surface area contributed by atoms with Crippen LogP contribution < -0.4 is 10.6 Å². The Morgan fingerprint density at radius 3 is 2.45 bits per heavy atom. The molecule has 2 unspecified atom stereocenters. The van der Waals surface area contributed by atoms with Crippen molar-refractivity contribution in [2.45, 2.75) is 45.3 Å². The topological polar surface area (TPSA) is 78.4 Å². The van der Waals surface area contributed by atoms with Gasteiger partial charge in [-0.15, -0.1) is 0 Å². The third-order valence-electron chi connectivity index (χ3n) is 3.03. The molecule has 0 heterocycles. The molecule has 1 aromatic rings. The molecule has 0 bridgehead atoms. The van der Waals surface area contributed by atoms with Crippen molar-refractivity contribution in [3.8, 4) is 0 Å². The summed E-state index contributed by atoms with van der Waals surface area (Å²) in [6, 6.07) is 8.36. The van der Waals surface area contributed by atoms with Crippen LogP contribution in [0.15, 0.2) is 30.3 Å². The minimum atomic E-state index is -0.922. The number of carbonyl (C=O) groups excluding carboxylic acids is 1. The Labute approximate surface area is 119 Å². The number of carboxylic acid groups (broad SMARTS) is 1. The number of benzene rings is 1. The number of hydrogen-bond acceptors (Lipinski definition) is 3. The van der Waals surface area contributed by atoms with Crippen LogP contribution in [0.4, 0.5) is 0 Å². The number of carbonyl (C=O) groups is 2. The Kier molecular flexibility index (Phi) is 6.73. The summed E-state index contributed by atoms with van der Waals surface area (Å²) in [5.74, 6) is -1.12. The second kappa shape index (κ2) is 8.32. The second-order valence-corrected chi connectivity index (χ2v) is 4.77. The molecule has 0 aliphatic rings. The molecule has 0 saturated heterocycles. The summed E-state index contributed by atoms with van der Waals surface area (Å²) in [7, 11) is 0. The van der Waals surface area contributed by atoms with Crippen LogP contribution in [0, 0.1) is 0 Å². The SMILES string of the molecule is CCCC(NC(C)C(=O)NCc1ccccc1)C(=O)O. The zero-order valence-corrected chi connectivity index (χ0v) is 11.9. The van der Waals surface area contributed by atoms with Crippen molar-refractivity contribution >= 4 is 11.9 Å². The van der Waals surface area contributed by atoms with E-state index in [0.29, 0.717) is 13.0 Å². The van der Waals surface area contributed by atoms with E-state index in [9.17, 15) is 9.59 Å². The van der Waals surface area contributed by atoms with Crippen LogP contribution >= 0.6 is 0 Å². The lowest BCUT2D eigenvalue weighted by Gasteiger charge is -2.19. The highest BCUT2D eigenvalue weighted by molar-refractivity contribution is 5.82. The van der Waals surface area contributed by atoms with Crippen LogP contribution in [0.3, 0.4) is 0 Å². The summed E-state index contributed by atoms with van der Waals surface area (Å²) in [5, 5.41) is 14.7.